The normalized spacial score (nSPS) is 22.3. The number of aryl methyl sites for hydroxylation is 3. The van der Waals surface area contributed by atoms with Gasteiger partial charge in [-0.1, -0.05) is 30.5 Å². The van der Waals surface area contributed by atoms with E-state index >= 15 is 0 Å². The lowest BCUT2D eigenvalue weighted by Crippen LogP contribution is -2.47. The van der Waals surface area contributed by atoms with Crippen molar-refractivity contribution in [3.63, 3.8) is 0 Å². The molecule has 6 heteroatoms. The van der Waals surface area contributed by atoms with Crippen LogP contribution < -0.4 is 0 Å². The van der Waals surface area contributed by atoms with Gasteiger partial charge in [0, 0.05) is 24.8 Å². The molecule has 1 saturated heterocycles. The number of hydrogen-bond acceptors (Lipinski definition) is 5. The highest BCUT2D eigenvalue weighted by Crippen LogP contribution is 2.26. The van der Waals surface area contributed by atoms with Crippen molar-refractivity contribution in [2.24, 2.45) is 5.92 Å². The largest absolute Gasteiger partial charge is 0.477 e. The van der Waals surface area contributed by atoms with E-state index < -0.39 is 11.8 Å². The van der Waals surface area contributed by atoms with Crippen LogP contribution in [0, 0.1) is 19.8 Å². The minimum Gasteiger partial charge on any atom is -0.477 e. The molecule has 2 heterocycles. The summed E-state index contributed by atoms with van der Waals surface area (Å²) >= 11 is 0. The maximum absolute atomic E-state index is 11.1. The Balaban J connectivity index is 1.39. The Hall–Kier alpha value is -2.18. The summed E-state index contributed by atoms with van der Waals surface area (Å²) in [5.41, 5.74) is 3.18. The van der Waals surface area contributed by atoms with Crippen LogP contribution in [-0.4, -0.2) is 35.1 Å². The second-order valence-electron chi connectivity index (χ2n) is 7.73. The second kappa shape index (κ2) is 8.88. The third-order valence-corrected chi connectivity index (χ3v) is 5.28. The lowest BCUT2D eigenvalue weighted by Gasteiger charge is -2.34. The van der Waals surface area contributed by atoms with Crippen molar-refractivity contribution in [1.29, 1.82) is 0 Å². The number of ether oxygens (including phenoxy) is 2. The number of hydrogen-bond donors (Lipinski definition) is 1. The molecule has 0 aliphatic carbocycles. The molecule has 1 fully saturated rings. The monoisotopic (exact) mass is 387 g/mol. The lowest BCUT2D eigenvalue weighted by atomic mass is 10.0. The van der Waals surface area contributed by atoms with Crippen LogP contribution in [0.4, 0.5) is 0 Å². The first-order valence-corrected chi connectivity index (χ1v) is 9.92. The number of rotatable bonds is 8. The average molecular weight is 387 g/mol. The summed E-state index contributed by atoms with van der Waals surface area (Å²) in [7, 11) is 0. The van der Waals surface area contributed by atoms with Crippen molar-refractivity contribution in [1.82, 2.24) is 4.98 Å². The van der Waals surface area contributed by atoms with Gasteiger partial charge in [-0.15, -0.1) is 0 Å². The van der Waals surface area contributed by atoms with Crippen LogP contribution in [0.2, 0.25) is 0 Å². The van der Waals surface area contributed by atoms with Crippen LogP contribution in [0.15, 0.2) is 28.7 Å². The SMILES string of the molecule is Cc1ccc(-c2nc(C)c(CCCCCC3COC(C)(C(=O)O)OC3)o2)cc1. The van der Waals surface area contributed by atoms with Crippen LogP contribution >= 0.6 is 0 Å². The minimum absolute atomic E-state index is 0.257. The fourth-order valence-corrected chi connectivity index (χ4v) is 3.31. The zero-order valence-corrected chi connectivity index (χ0v) is 16.9. The number of unbranched alkanes of at least 4 members (excludes halogenated alkanes) is 2. The molecular weight excluding hydrogens is 358 g/mol. The van der Waals surface area contributed by atoms with E-state index in [1.807, 2.05) is 19.1 Å². The standard InChI is InChI=1S/C22H29NO5/c1-15-9-11-18(12-10-15)20-23-16(2)19(28-20)8-6-4-5-7-17-13-26-22(3,21(24)25)27-14-17/h9-12,17H,4-8,13-14H2,1-3H3,(H,24,25). The Kier molecular flexibility index (Phi) is 6.52. The maximum Gasteiger partial charge on any atom is 0.364 e. The van der Waals surface area contributed by atoms with Crippen LogP contribution in [0.5, 0.6) is 0 Å². The Bertz CT molecular complexity index is 788. The van der Waals surface area contributed by atoms with Gasteiger partial charge in [0.05, 0.1) is 18.9 Å². The van der Waals surface area contributed by atoms with Gasteiger partial charge >= 0.3 is 5.97 Å². The summed E-state index contributed by atoms with van der Waals surface area (Å²) in [5, 5.41) is 9.08. The van der Waals surface area contributed by atoms with E-state index in [9.17, 15) is 4.79 Å². The van der Waals surface area contributed by atoms with Gasteiger partial charge in [0.1, 0.15) is 5.76 Å². The third kappa shape index (κ3) is 5.00. The van der Waals surface area contributed by atoms with Crippen molar-refractivity contribution in [3.8, 4) is 11.5 Å². The summed E-state index contributed by atoms with van der Waals surface area (Å²) < 4.78 is 16.8. The van der Waals surface area contributed by atoms with Gasteiger partial charge in [0.2, 0.25) is 5.89 Å². The summed E-state index contributed by atoms with van der Waals surface area (Å²) in [6.45, 7) is 6.38. The van der Waals surface area contributed by atoms with Crippen LogP contribution in [-0.2, 0) is 20.7 Å². The molecule has 0 spiro atoms. The van der Waals surface area contributed by atoms with E-state index in [-0.39, 0.29) is 5.92 Å². The summed E-state index contributed by atoms with van der Waals surface area (Å²) in [6, 6.07) is 8.20. The molecule has 1 aromatic heterocycles. The highest BCUT2D eigenvalue weighted by molar-refractivity contribution is 5.75. The van der Waals surface area contributed by atoms with Crippen molar-refractivity contribution in [2.45, 2.75) is 58.7 Å². The van der Waals surface area contributed by atoms with Crippen LogP contribution in [0.25, 0.3) is 11.5 Å². The number of carboxylic acid groups (broad SMARTS) is 1. The molecule has 0 atom stereocenters. The van der Waals surface area contributed by atoms with E-state index in [4.69, 9.17) is 19.0 Å². The Labute approximate surface area is 165 Å². The van der Waals surface area contributed by atoms with Gasteiger partial charge in [0.15, 0.2) is 0 Å². The first-order valence-electron chi connectivity index (χ1n) is 9.92. The first-order chi connectivity index (χ1) is 13.4. The zero-order chi connectivity index (χ0) is 20.1. The van der Waals surface area contributed by atoms with Gasteiger partial charge in [-0.05, 0) is 38.8 Å². The number of benzene rings is 1. The molecule has 2 aromatic rings. The number of carbonyl (C=O) groups is 1. The summed E-state index contributed by atoms with van der Waals surface area (Å²) in [5.74, 6) is -0.663. The Morgan fingerprint density at radius 2 is 1.82 bits per heavy atom. The molecule has 0 amide bonds. The lowest BCUT2D eigenvalue weighted by molar-refractivity contribution is -0.271. The Morgan fingerprint density at radius 1 is 1.14 bits per heavy atom. The summed E-state index contributed by atoms with van der Waals surface area (Å²) in [6.07, 6.45) is 5.01. The van der Waals surface area contributed by atoms with Crippen molar-refractivity contribution in [2.75, 3.05) is 13.2 Å². The highest BCUT2D eigenvalue weighted by Gasteiger charge is 2.40. The maximum atomic E-state index is 11.1. The zero-order valence-electron chi connectivity index (χ0n) is 16.9. The minimum atomic E-state index is -1.49. The predicted molar refractivity (Wildman–Crippen MR) is 105 cm³/mol. The number of nitrogens with zero attached hydrogens (tertiary/aromatic N) is 1. The molecule has 1 aromatic carbocycles. The second-order valence-corrected chi connectivity index (χ2v) is 7.73. The average Bonchev–Trinajstić information content (AvgIpc) is 3.04. The molecule has 0 bridgehead atoms. The molecule has 0 radical (unpaired) electrons. The Morgan fingerprint density at radius 3 is 2.46 bits per heavy atom. The van der Waals surface area contributed by atoms with Gasteiger partial charge in [-0.2, -0.15) is 0 Å². The quantitative estimate of drug-likeness (QED) is 0.671. The van der Waals surface area contributed by atoms with E-state index in [1.165, 1.54) is 12.5 Å². The van der Waals surface area contributed by atoms with Gasteiger partial charge in [-0.25, -0.2) is 9.78 Å². The molecule has 0 unspecified atom stereocenters. The van der Waals surface area contributed by atoms with E-state index in [1.54, 1.807) is 0 Å². The summed E-state index contributed by atoms with van der Waals surface area (Å²) in [4.78, 5) is 15.7. The number of aliphatic carboxylic acids is 1. The predicted octanol–water partition coefficient (Wildman–Crippen LogP) is 4.53. The smallest absolute Gasteiger partial charge is 0.364 e. The third-order valence-electron chi connectivity index (χ3n) is 5.28. The number of aromatic nitrogens is 1. The van der Waals surface area contributed by atoms with E-state index in [0.717, 1.165) is 49.1 Å². The topological polar surface area (TPSA) is 81.8 Å². The molecule has 152 valence electrons. The van der Waals surface area contributed by atoms with E-state index in [0.29, 0.717) is 19.1 Å². The molecule has 3 rings (SSSR count). The van der Waals surface area contributed by atoms with Gasteiger partial charge in [0.25, 0.3) is 5.79 Å². The van der Waals surface area contributed by atoms with Crippen molar-refractivity contribution >= 4 is 5.97 Å². The highest BCUT2D eigenvalue weighted by atomic mass is 16.7. The molecule has 1 aliphatic heterocycles. The molecule has 28 heavy (non-hydrogen) atoms. The fraction of sp³-hybridized carbons (Fsp3) is 0.545. The van der Waals surface area contributed by atoms with Gasteiger partial charge in [-0.3, -0.25) is 0 Å². The van der Waals surface area contributed by atoms with Crippen LogP contribution in [0.3, 0.4) is 0 Å². The number of oxazole rings is 1. The van der Waals surface area contributed by atoms with Gasteiger partial charge < -0.3 is 19.0 Å². The molecule has 0 saturated carbocycles. The van der Waals surface area contributed by atoms with Crippen molar-refractivity contribution < 1.29 is 23.8 Å². The molecule has 1 aliphatic rings. The van der Waals surface area contributed by atoms with Crippen molar-refractivity contribution in [3.05, 3.63) is 41.3 Å². The number of carboxylic acids is 1. The molecular formula is C22H29NO5. The molecule has 6 nitrogen and oxygen atoms in total. The fourth-order valence-electron chi connectivity index (χ4n) is 3.31. The van der Waals surface area contributed by atoms with Crippen LogP contribution in [0.1, 0.15) is 49.6 Å². The first kappa shape index (κ1) is 20.6. The molecule has 1 N–H and O–H groups in total. The van der Waals surface area contributed by atoms with E-state index in [2.05, 4.69) is 24.0 Å².